The molecule has 0 saturated heterocycles. The number of nitrogens with zero attached hydrogens (tertiary/aromatic N) is 2. The third-order valence-electron chi connectivity index (χ3n) is 3.62. The summed E-state index contributed by atoms with van der Waals surface area (Å²) < 4.78 is 10.6. The van der Waals surface area contributed by atoms with Crippen LogP contribution in [0.5, 0.6) is 11.5 Å². The molecule has 1 aromatic heterocycles. The van der Waals surface area contributed by atoms with Crippen molar-refractivity contribution in [2.45, 2.75) is 13.3 Å². The van der Waals surface area contributed by atoms with Gasteiger partial charge in [0.25, 0.3) is 5.91 Å². The fourth-order valence-corrected chi connectivity index (χ4v) is 3.02. The van der Waals surface area contributed by atoms with Gasteiger partial charge in [-0.3, -0.25) is 10.1 Å². The van der Waals surface area contributed by atoms with E-state index in [1.807, 2.05) is 55.5 Å². The van der Waals surface area contributed by atoms with Gasteiger partial charge in [-0.2, -0.15) is 0 Å². The van der Waals surface area contributed by atoms with Gasteiger partial charge in [0.2, 0.25) is 5.13 Å². The van der Waals surface area contributed by atoms with Crippen molar-refractivity contribution in [3.05, 3.63) is 64.7 Å². The van der Waals surface area contributed by atoms with Gasteiger partial charge in [-0.25, -0.2) is 0 Å². The van der Waals surface area contributed by atoms with Crippen LogP contribution in [0.25, 0.3) is 0 Å². The first kappa shape index (κ1) is 17.9. The van der Waals surface area contributed by atoms with Crippen LogP contribution in [0.15, 0.2) is 48.5 Å². The minimum atomic E-state index is -0.266. The summed E-state index contributed by atoms with van der Waals surface area (Å²) >= 11 is 1.35. The molecular weight excluding hydrogens is 350 g/mol. The largest absolute Gasteiger partial charge is 0.497 e. The lowest BCUT2D eigenvalue weighted by atomic mass is 10.1. The monoisotopic (exact) mass is 369 g/mol. The summed E-state index contributed by atoms with van der Waals surface area (Å²) in [5.41, 5.74) is 2.24. The van der Waals surface area contributed by atoms with Crippen LogP contribution < -0.4 is 14.8 Å². The van der Waals surface area contributed by atoms with E-state index in [4.69, 9.17) is 9.47 Å². The van der Waals surface area contributed by atoms with Crippen LogP contribution in [0.3, 0.4) is 0 Å². The number of hydrogen-bond acceptors (Lipinski definition) is 6. The molecule has 3 aromatic rings. The normalized spacial score (nSPS) is 10.4. The average molecular weight is 369 g/mol. The van der Waals surface area contributed by atoms with Gasteiger partial charge in [-0.05, 0) is 36.8 Å². The number of carbonyl (C=O) groups excluding carboxylic acids is 1. The maximum Gasteiger partial charge on any atom is 0.264 e. The van der Waals surface area contributed by atoms with Gasteiger partial charge >= 0.3 is 0 Å². The second-order valence-electron chi connectivity index (χ2n) is 5.68. The van der Waals surface area contributed by atoms with Crippen LogP contribution in [-0.4, -0.2) is 29.8 Å². The molecule has 0 unspecified atom stereocenters. The molecule has 3 rings (SSSR count). The number of rotatable bonds is 7. The fourth-order valence-electron chi connectivity index (χ4n) is 2.23. The molecule has 7 heteroatoms. The molecule has 134 valence electrons. The van der Waals surface area contributed by atoms with E-state index in [1.165, 1.54) is 11.3 Å². The highest BCUT2D eigenvalue weighted by Gasteiger charge is 2.09. The summed E-state index contributed by atoms with van der Waals surface area (Å²) in [4.78, 5) is 12.0. The molecule has 0 radical (unpaired) electrons. The summed E-state index contributed by atoms with van der Waals surface area (Å²) in [5.74, 6) is 1.20. The molecule has 0 atom stereocenters. The van der Waals surface area contributed by atoms with Crippen molar-refractivity contribution in [1.82, 2.24) is 10.2 Å². The van der Waals surface area contributed by atoms with Crippen molar-refractivity contribution in [2.24, 2.45) is 0 Å². The number of benzene rings is 2. The molecule has 0 aliphatic heterocycles. The third-order valence-corrected chi connectivity index (χ3v) is 4.46. The first-order chi connectivity index (χ1) is 12.6. The smallest absolute Gasteiger partial charge is 0.264 e. The Morgan fingerprint density at radius 1 is 1.04 bits per heavy atom. The summed E-state index contributed by atoms with van der Waals surface area (Å²) in [6, 6.07) is 15.3. The van der Waals surface area contributed by atoms with E-state index in [-0.39, 0.29) is 12.5 Å². The SMILES string of the molecule is COc1ccc(Cc2nnc(NC(=O)COc3ccc(C)cc3)s2)cc1. The third kappa shape index (κ3) is 5.03. The second-order valence-corrected chi connectivity index (χ2v) is 6.74. The molecule has 1 amide bonds. The number of hydrogen-bond donors (Lipinski definition) is 1. The lowest BCUT2D eigenvalue weighted by Gasteiger charge is -2.05. The number of ether oxygens (including phenoxy) is 2. The van der Waals surface area contributed by atoms with Gasteiger partial charge in [-0.15, -0.1) is 10.2 Å². The molecule has 2 aromatic carbocycles. The summed E-state index contributed by atoms with van der Waals surface area (Å²) in [7, 11) is 1.64. The van der Waals surface area contributed by atoms with Crippen LogP contribution in [0.2, 0.25) is 0 Å². The molecular formula is C19H19N3O3S. The maximum absolute atomic E-state index is 12.0. The number of methoxy groups -OCH3 is 1. The molecule has 1 heterocycles. The Balaban J connectivity index is 1.50. The van der Waals surface area contributed by atoms with E-state index in [2.05, 4.69) is 15.5 Å². The molecule has 6 nitrogen and oxygen atoms in total. The number of aryl methyl sites for hydroxylation is 1. The Bertz CT molecular complexity index is 860. The molecule has 0 aliphatic carbocycles. The van der Waals surface area contributed by atoms with Crippen molar-refractivity contribution in [3.63, 3.8) is 0 Å². The Morgan fingerprint density at radius 2 is 1.73 bits per heavy atom. The Morgan fingerprint density at radius 3 is 2.42 bits per heavy atom. The predicted octanol–water partition coefficient (Wildman–Crippen LogP) is 3.46. The van der Waals surface area contributed by atoms with Crippen LogP contribution >= 0.6 is 11.3 Å². The Labute approximate surface area is 155 Å². The summed E-state index contributed by atoms with van der Waals surface area (Å²) in [5, 5.41) is 12.1. The minimum absolute atomic E-state index is 0.0730. The van der Waals surface area contributed by atoms with E-state index < -0.39 is 0 Å². The molecule has 0 fully saturated rings. The highest BCUT2D eigenvalue weighted by molar-refractivity contribution is 7.15. The molecule has 26 heavy (non-hydrogen) atoms. The number of anilines is 1. The standard InChI is InChI=1S/C19H19N3O3S/c1-13-3-7-16(8-4-13)25-12-17(23)20-19-22-21-18(26-19)11-14-5-9-15(24-2)10-6-14/h3-10H,11-12H2,1-2H3,(H,20,22,23). The van der Waals surface area contributed by atoms with E-state index >= 15 is 0 Å². The van der Waals surface area contributed by atoms with Crippen LogP contribution in [0.4, 0.5) is 5.13 Å². The van der Waals surface area contributed by atoms with E-state index in [0.717, 1.165) is 21.9 Å². The van der Waals surface area contributed by atoms with Crippen LogP contribution in [0.1, 0.15) is 16.1 Å². The first-order valence-electron chi connectivity index (χ1n) is 8.07. The molecule has 1 N–H and O–H groups in total. The zero-order valence-corrected chi connectivity index (χ0v) is 15.4. The molecule has 0 spiro atoms. The zero-order valence-electron chi connectivity index (χ0n) is 14.6. The number of amides is 1. The second kappa shape index (κ2) is 8.44. The highest BCUT2D eigenvalue weighted by atomic mass is 32.1. The van der Waals surface area contributed by atoms with Crippen molar-refractivity contribution in [2.75, 3.05) is 19.0 Å². The number of aromatic nitrogens is 2. The van der Waals surface area contributed by atoms with Crippen molar-refractivity contribution in [1.29, 1.82) is 0 Å². The summed E-state index contributed by atoms with van der Waals surface area (Å²) in [6.45, 7) is 1.92. The average Bonchev–Trinajstić information content (AvgIpc) is 3.08. The van der Waals surface area contributed by atoms with Gasteiger partial charge in [0.1, 0.15) is 16.5 Å². The fraction of sp³-hybridized carbons (Fsp3) is 0.211. The predicted molar refractivity (Wildman–Crippen MR) is 101 cm³/mol. The lowest BCUT2D eigenvalue weighted by Crippen LogP contribution is -2.20. The quantitative estimate of drug-likeness (QED) is 0.690. The van der Waals surface area contributed by atoms with Gasteiger partial charge < -0.3 is 9.47 Å². The summed E-state index contributed by atoms with van der Waals surface area (Å²) in [6.07, 6.45) is 0.650. The number of nitrogens with one attached hydrogen (secondary N) is 1. The van der Waals surface area contributed by atoms with Gasteiger partial charge in [0, 0.05) is 6.42 Å². The van der Waals surface area contributed by atoms with Crippen molar-refractivity contribution < 1.29 is 14.3 Å². The van der Waals surface area contributed by atoms with Gasteiger partial charge in [0.15, 0.2) is 6.61 Å². The zero-order chi connectivity index (χ0) is 18.4. The van der Waals surface area contributed by atoms with Crippen molar-refractivity contribution >= 4 is 22.4 Å². The van der Waals surface area contributed by atoms with Crippen molar-refractivity contribution in [3.8, 4) is 11.5 Å². The maximum atomic E-state index is 12.0. The first-order valence-corrected chi connectivity index (χ1v) is 8.88. The Kier molecular flexibility index (Phi) is 5.80. The van der Waals surface area contributed by atoms with E-state index in [9.17, 15) is 4.79 Å². The van der Waals surface area contributed by atoms with Crippen LogP contribution in [0, 0.1) is 6.92 Å². The number of carbonyl (C=O) groups is 1. The van der Waals surface area contributed by atoms with Gasteiger partial charge in [0.05, 0.1) is 7.11 Å². The van der Waals surface area contributed by atoms with E-state index in [1.54, 1.807) is 7.11 Å². The minimum Gasteiger partial charge on any atom is -0.497 e. The highest BCUT2D eigenvalue weighted by Crippen LogP contribution is 2.20. The topological polar surface area (TPSA) is 73.3 Å². The molecule has 0 bridgehead atoms. The van der Waals surface area contributed by atoms with E-state index in [0.29, 0.717) is 17.3 Å². The van der Waals surface area contributed by atoms with Crippen LogP contribution in [-0.2, 0) is 11.2 Å². The molecule has 0 saturated carbocycles. The molecule has 0 aliphatic rings. The van der Waals surface area contributed by atoms with Gasteiger partial charge in [-0.1, -0.05) is 41.2 Å². The lowest BCUT2D eigenvalue weighted by molar-refractivity contribution is -0.118. The Hall–Kier alpha value is -2.93.